The van der Waals surface area contributed by atoms with Gasteiger partial charge in [-0.1, -0.05) is 0 Å². The van der Waals surface area contributed by atoms with Gasteiger partial charge < -0.3 is 29.0 Å². The fraction of sp³-hybridized carbons (Fsp3) is 1.00. The van der Waals surface area contributed by atoms with Crippen molar-refractivity contribution in [3.05, 3.63) is 0 Å². The lowest BCUT2D eigenvalue weighted by Gasteiger charge is -2.10. The second kappa shape index (κ2) is 12.8. The molecule has 1 rings (SSSR count). The summed E-state index contributed by atoms with van der Waals surface area (Å²) < 4.78 is 26.5. The Morgan fingerprint density at radius 3 is 1.95 bits per heavy atom. The first-order valence-corrected chi connectivity index (χ1v) is 6.98. The summed E-state index contributed by atoms with van der Waals surface area (Å²) in [5.74, 6) is 0. The Morgan fingerprint density at radius 1 is 0.842 bits per heavy atom. The molecule has 0 aromatic heterocycles. The first-order valence-electron chi connectivity index (χ1n) is 6.98. The number of hydrogen-bond donors (Lipinski definition) is 1. The zero-order valence-electron chi connectivity index (χ0n) is 11.9. The molecule has 6 heteroatoms. The number of methoxy groups -OCH3 is 1. The molecule has 0 radical (unpaired) electrons. The standard InChI is InChI=1S/C13H27NO5/c1-15-4-5-16-6-7-17-8-9-18-10-11-19-13-2-3-14-12-13/h13-14H,2-12H2,1H3/t13-/m0/s1. The van der Waals surface area contributed by atoms with Crippen molar-refractivity contribution >= 4 is 0 Å². The molecule has 1 aliphatic rings. The van der Waals surface area contributed by atoms with Crippen molar-refractivity contribution in [3.8, 4) is 0 Å². The van der Waals surface area contributed by atoms with Gasteiger partial charge in [-0.3, -0.25) is 0 Å². The van der Waals surface area contributed by atoms with Crippen LogP contribution in [0, 0.1) is 0 Å². The molecule has 0 aliphatic carbocycles. The second-order valence-corrected chi connectivity index (χ2v) is 4.32. The Hall–Kier alpha value is -0.240. The van der Waals surface area contributed by atoms with Crippen LogP contribution >= 0.6 is 0 Å². The Morgan fingerprint density at radius 2 is 1.42 bits per heavy atom. The first kappa shape index (κ1) is 16.8. The minimum atomic E-state index is 0.365. The van der Waals surface area contributed by atoms with Crippen molar-refractivity contribution < 1.29 is 23.7 Å². The van der Waals surface area contributed by atoms with Crippen LogP contribution in [0.2, 0.25) is 0 Å². The maximum Gasteiger partial charge on any atom is 0.0712 e. The van der Waals surface area contributed by atoms with E-state index in [1.165, 1.54) is 0 Å². The van der Waals surface area contributed by atoms with Gasteiger partial charge in [0.15, 0.2) is 0 Å². The predicted octanol–water partition coefficient (Wildman–Crippen LogP) is 0.0611. The van der Waals surface area contributed by atoms with Crippen molar-refractivity contribution in [2.75, 3.05) is 73.1 Å². The third-order valence-electron chi connectivity index (χ3n) is 2.77. The highest BCUT2D eigenvalue weighted by Crippen LogP contribution is 2.02. The molecule has 0 saturated carbocycles. The minimum Gasteiger partial charge on any atom is -0.382 e. The van der Waals surface area contributed by atoms with Gasteiger partial charge in [-0.2, -0.15) is 0 Å². The maximum atomic E-state index is 5.63. The molecule has 114 valence electrons. The molecule has 1 N–H and O–H groups in total. The molecule has 1 atom stereocenters. The summed E-state index contributed by atoms with van der Waals surface area (Å²) >= 11 is 0. The van der Waals surface area contributed by atoms with E-state index in [0.717, 1.165) is 19.5 Å². The lowest BCUT2D eigenvalue weighted by molar-refractivity contribution is -0.0178. The molecule has 1 saturated heterocycles. The monoisotopic (exact) mass is 277 g/mol. The molecular weight excluding hydrogens is 250 g/mol. The lowest BCUT2D eigenvalue weighted by Crippen LogP contribution is -2.19. The van der Waals surface area contributed by atoms with E-state index in [1.807, 2.05) is 0 Å². The maximum absolute atomic E-state index is 5.63. The average Bonchev–Trinajstić information content (AvgIpc) is 2.93. The van der Waals surface area contributed by atoms with E-state index in [-0.39, 0.29) is 0 Å². The number of hydrogen-bond acceptors (Lipinski definition) is 6. The summed E-state index contributed by atoms with van der Waals surface area (Å²) in [5.41, 5.74) is 0. The fourth-order valence-electron chi connectivity index (χ4n) is 1.73. The molecule has 0 aromatic rings. The molecule has 19 heavy (non-hydrogen) atoms. The summed E-state index contributed by atoms with van der Waals surface area (Å²) in [7, 11) is 1.66. The molecule has 6 nitrogen and oxygen atoms in total. The third-order valence-corrected chi connectivity index (χ3v) is 2.77. The summed E-state index contributed by atoms with van der Waals surface area (Å²) in [4.78, 5) is 0. The van der Waals surface area contributed by atoms with E-state index in [0.29, 0.717) is 59.0 Å². The van der Waals surface area contributed by atoms with Crippen LogP contribution in [0.1, 0.15) is 6.42 Å². The Labute approximate surface area is 115 Å². The van der Waals surface area contributed by atoms with Gasteiger partial charge in [-0.15, -0.1) is 0 Å². The molecule has 0 spiro atoms. The summed E-state index contributed by atoms with van der Waals surface area (Å²) in [6.45, 7) is 6.94. The topological polar surface area (TPSA) is 58.2 Å². The van der Waals surface area contributed by atoms with Gasteiger partial charge in [0.25, 0.3) is 0 Å². The molecule has 0 aromatic carbocycles. The summed E-state index contributed by atoms with van der Waals surface area (Å²) in [6, 6.07) is 0. The van der Waals surface area contributed by atoms with E-state index in [4.69, 9.17) is 23.7 Å². The highest BCUT2D eigenvalue weighted by Gasteiger charge is 2.13. The second-order valence-electron chi connectivity index (χ2n) is 4.32. The largest absolute Gasteiger partial charge is 0.382 e. The zero-order valence-corrected chi connectivity index (χ0v) is 11.9. The van der Waals surface area contributed by atoms with Gasteiger partial charge in [0.1, 0.15) is 0 Å². The predicted molar refractivity (Wildman–Crippen MR) is 71.6 cm³/mol. The van der Waals surface area contributed by atoms with Gasteiger partial charge in [0, 0.05) is 13.7 Å². The molecule has 1 heterocycles. The van der Waals surface area contributed by atoms with E-state index >= 15 is 0 Å². The van der Waals surface area contributed by atoms with Crippen LogP contribution < -0.4 is 5.32 Å². The SMILES string of the molecule is COCCOCCOCCOCCO[C@H]1CCNC1. The molecule has 0 amide bonds. The molecule has 1 aliphatic heterocycles. The van der Waals surface area contributed by atoms with Crippen LogP contribution in [0.4, 0.5) is 0 Å². The summed E-state index contributed by atoms with van der Waals surface area (Å²) in [5, 5.41) is 3.26. The van der Waals surface area contributed by atoms with Crippen molar-refractivity contribution in [1.29, 1.82) is 0 Å². The van der Waals surface area contributed by atoms with Gasteiger partial charge in [-0.25, -0.2) is 0 Å². The quantitative estimate of drug-likeness (QED) is 0.481. The fourth-order valence-corrected chi connectivity index (χ4v) is 1.73. The van der Waals surface area contributed by atoms with E-state index < -0.39 is 0 Å². The highest BCUT2D eigenvalue weighted by atomic mass is 16.6. The van der Waals surface area contributed by atoms with E-state index in [9.17, 15) is 0 Å². The lowest BCUT2D eigenvalue weighted by atomic mass is 10.3. The van der Waals surface area contributed by atoms with E-state index in [2.05, 4.69) is 5.32 Å². The number of rotatable bonds is 13. The molecular formula is C13H27NO5. The Balaban J connectivity index is 1.67. The van der Waals surface area contributed by atoms with Crippen LogP contribution in [0.5, 0.6) is 0 Å². The Kier molecular flexibility index (Phi) is 11.3. The molecule has 0 bridgehead atoms. The highest BCUT2D eigenvalue weighted by molar-refractivity contribution is 4.70. The van der Waals surface area contributed by atoms with Crippen LogP contribution in [-0.4, -0.2) is 79.2 Å². The van der Waals surface area contributed by atoms with Crippen LogP contribution in [0.3, 0.4) is 0 Å². The Bertz CT molecular complexity index is 188. The van der Waals surface area contributed by atoms with Crippen LogP contribution in [-0.2, 0) is 23.7 Å². The van der Waals surface area contributed by atoms with Crippen molar-refractivity contribution in [1.82, 2.24) is 5.32 Å². The van der Waals surface area contributed by atoms with Gasteiger partial charge in [0.2, 0.25) is 0 Å². The van der Waals surface area contributed by atoms with E-state index in [1.54, 1.807) is 7.11 Å². The van der Waals surface area contributed by atoms with Gasteiger partial charge in [0.05, 0.1) is 59.0 Å². The normalized spacial score (nSPS) is 19.1. The molecule has 1 fully saturated rings. The number of nitrogens with one attached hydrogen (secondary N) is 1. The molecule has 0 unspecified atom stereocenters. The van der Waals surface area contributed by atoms with Crippen LogP contribution in [0.25, 0.3) is 0 Å². The third kappa shape index (κ3) is 10.2. The van der Waals surface area contributed by atoms with Crippen molar-refractivity contribution in [3.63, 3.8) is 0 Å². The van der Waals surface area contributed by atoms with Gasteiger partial charge in [-0.05, 0) is 13.0 Å². The summed E-state index contributed by atoms with van der Waals surface area (Å²) in [6.07, 6.45) is 1.47. The number of ether oxygens (including phenoxy) is 5. The van der Waals surface area contributed by atoms with Crippen molar-refractivity contribution in [2.45, 2.75) is 12.5 Å². The minimum absolute atomic E-state index is 0.365. The van der Waals surface area contributed by atoms with Crippen molar-refractivity contribution in [2.24, 2.45) is 0 Å². The zero-order chi connectivity index (χ0) is 13.6. The first-order chi connectivity index (χ1) is 9.43. The van der Waals surface area contributed by atoms with Gasteiger partial charge >= 0.3 is 0 Å². The smallest absolute Gasteiger partial charge is 0.0712 e. The van der Waals surface area contributed by atoms with Crippen LogP contribution in [0.15, 0.2) is 0 Å². The average molecular weight is 277 g/mol.